The third-order valence-corrected chi connectivity index (χ3v) is 2.83. The van der Waals surface area contributed by atoms with Crippen molar-refractivity contribution in [3.8, 4) is 0 Å². The summed E-state index contributed by atoms with van der Waals surface area (Å²) in [7, 11) is 3.17. The average molecular weight is 267 g/mol. The summed E-state index contributed by atoms with van der Waals surface area (Å²) in [6.07, 6.45) is 0. The zero-order valence-corrected chi connectivity index (χ0v) is 11.2. The SMILES string of the molecule is CNC(=O)NC(=O)[C@H](C)N(C)Cc1cccc(F)c1. The lowest BCUT2D eigenvalue weighted by Crippen LogP contribution is -2.47. The predicted molar refractivity (Wildman–Crippen MR) is 69.9 cm³/mol. The number of hydrogen-bond donors (Lipinski definition) is 2. The summed E-state index contributed by atoms with van der Waals surface area (Å²) >= 11 is 0. The van der Waals surface area contributed by atoms with Crippen LogP contribution in [0.5, 0.6) is 0 Å². The minimum Gasteiger partial charge on any atom is -0.341 e. The van der Waals surface area contributed by atoms with Crippen LogP contribution < -0.4 is 10.6 Å². The minimum atomic E-state index is -0.545. The van der Waals surface area contributed by atoms with Gasteiger partial charge in [0.25, 0.3) is 0 Å². The number of amides is 3. The number of imide groups is 1. The summed E-state index contributed by atoms with van der Waals surface area (Å²) < 4.78 is 13.0. The Kier molecular flexibility index (Phi) is 5.44. The van der Waals surface area contributed by atoms with E-state index in [4.69, 9.17) is 0 Å². The Labute approximate surface area is 111 Å². The van der Waals surface area contributed by atoms with Gasteiger partial charge < -0.3 is 5.32 Å². The van der Waals surface area contributed by atoms with Gasteiger partial charge in [0.15, 0.2) is 0 Å². The van der Waals surface area contributed by atoms with Crippen molar-refractivity contribution in [1.29, 1.82) is 0 Å². The van der Waals surface area contributed by atoms with Crippen LogP contribution in [0.3, 0.4) is 0 Å². The van der Waals surface area contributed by atoms with E-state index in [-0.39, 0.29) is 5.82 Å². The molecule has 1 aromatic rings. The Morgan fingerprint density at radius 3 is 2.68 bits per heavy atom. The monoisotopic (exact) mass is 267 g/mol. The molecule has 1 atom stereocenters. The van der Waals surface area contributed by atoms with Gasteiger partial charge in [0, 0.05) is 13.6 Å². The fraction of sp³-hybridized carbons (Fsp3) is 0.385. The van der Waals surface area contributed by atoms with Crippen LogP contribution in [0.2, 0.25) is 0 Å². The molecular formula is C13H18FN3O2. The molecule has 0 radical (unpaired) electrons. The van der Waals surface area contributed by atoms with E-state index >= 15 is 0 Å². The van der Waals surface area contributed by atoms with Crippen LogP contribution in [-0.4, -0.2) is 37.0 Å². The van der Waals surface area contributed by atoms with Crippen LogP contribution in [0.25, 0.3) is 0 Å². The molecular weight excluding hydrogens is 249 g/mol. The molecule has 0 aliphatic carbocycles. The first kappa shape index (κ1) is 15.1. The zero-order valence-electron chi connectivity index (χ0n) is 11.2. The van der Waals surface area contributed by atoms with E-state index in [2.05, 4.69) is 10.6 Å². The maximum absolute atomic E-state index is 13.0. The number of likely N-dealkylation sites (N-methyl/N-ethyl adjacent to an activating group) is 1. The van der Waals surface area contributed by atoms with E-state index in [1.165, 1.54) is 19.2 Å². The summed E-state index contributed by atoms with van der Waals surface area (Å²) in [5.41, 5.74) is 0.766. The standard InChI is InChI=1S/C13H18FN3O2/c1-9(12(18)16-13(19)15-2)17(3)8-10-5-4-6-11(14)7-10/h4-7,9H,8H2,1-3H3,(H2,15,16,18,19)/t9-/m0/s1. The second kappa shape index (κ2) is 6.84. The first-order chi connectivity index (χ1) is 8.93. The lowest BCUT2D eigenvalue weighted by atomic mass is 10.2. The lowest BCUT2D eigenvalue weighted by molar-refractivity contribution is -0.124. The molecule has 1 aromatic carbocycles. The largest absolute Gasteiger partial charge is 0.341 e. The Morgan fingerprint density at radius 1 is 1.42 bits per heavy atom. The number of carbonyl (C=O) groups is 2. The zero-order chi connectivity index (χ0) is 14.4. The number of urea groups is 1. The molecule has 2 N–H and O–H groups in total. The van der Waals surface area contributed by atoms with Crippen LogP contribution >= 0.6 is 0 Å². The fourth-order valence-electron chi connectivity index (χ4n) is 1.54. The van der Waals surface area contributed by atoms with E-state index in [1.54, 1.807) is 31.0 Å². The van der Waals surface area contributed by atoms with Gasteiger partial charge in [0.2, 0.25) is 5.91 Å². The van der Waals surface area contributed by atoms with Gasteiger partial charge in [-0.2, -0.15) is 0 Å². The van der Waals surface area contributed by atoms with Gasteiger partial charge in [-0.15, -0.1) is 0 Å². The quantitative estimate of drug-likeness (QED) is 0.859. The number of nitrogens with one attached hydrogen (secondary N) is 2. The third-order valence-electron chi connectivity index (χ3n) is 2.83. The smallest absolute Gasteiger partial charge is 0.321 e. The molecule has 0 aliphatic rings. The summed E-state index contributed by atoms with van der Waals surface area (Å²) in [5, 5.41) is 4.51. The van der Waals surface area contributed by atoms with Crippen molar-refractivity contribution in [1.82, 2.24) is 15.5 Å². The highest BCUT2D eigenvalue weighted by Gasteiger charge is 2.19. The average Bonchev–Trinajstić information content (AvgIpc) is 2.37. The molecule has 0 fully saturated rings. The van der Waals surface area contributed by atoms with Crippen molar-refractivity contribution < 1.29 is 14.0 Å². The van der Waals surface area contributed by atoms with Gasteiger partial charge >= 0.3 is 6.03 Å². The number of halogens is 1. The summed E-state index contributed by atoms with van der Waals surface area (Å²) in [5.74, 6) is -0.716. The second-order valence-electron chi connectivity index (χ2n) is 4.29. The highest BCUT2D eigenvalue weighted by molar-refractivity contribution is 5.96. The van der Waals surface area contributed by atoms with E-state index in [0.717, 1.165) is 5.56 Å². The number of benzene rings is 1. The summed E-state index contributed by atoms with van der Waals surface area (Å²) in [6, 6.07) is 5.14. The molecule has 3 amide bonds. The molecule has 0 saturated carbocycles. The molecule has 104 valence electrons. The van der Waals surface area contributed by atoms with Crippen molar-refractivity contribution in [2.24, 2.45) is 0 Å². The van der Waals surface area contributed by atoms with Crippen LogP contribution in [0, 0.1) is 5.82 Å². The van der Waals surface area contributed by atoms with Gasteiger partial charge in [0.1, 0.15) is 5.82 Å². The number of hydrogen-bond acceptors (Lipinski definition) is 3. The first-order valence-electron chi connectivity index (χ1n) is 5.91. The van der Waals surface area contributed by atoms with Gasteiger partial charge in [0.05, 0.1) is 6.04 Å². The van der Waals surface area contributed by atoms with Crippen molar-refractivity contribution in [2.75, 3.05) is 14.1 Å². The molecule has 0 aliphatic heterocycles. The molecule has 5 nitrogen and oxygen atoms in total. The highest BCUT2D eigenvalue weighted by atomic mass is 19.1. The van der Waals surface area contributed by atoms with Gasteiger partial charge in [-0.1, -0.05) is 12.1 Å². The van der Waals surface area contributed by atoms with Crippen LogP contribution in [0.1, 0.15) is 12.5 Å². The molecule has 0 bridgehead atoms. The van der Waals surface area contributed by atoms with E-state index in [9.17, 15) is 14.0 Å². The Balaban J connectivity index is 2.59. The minimum absolute atomic E-state index is 0.312. The fourth-order valence-corrected chi connectivity index (χ4v) is 1.54. The van der Waals surface area contributed by atoms with Crippen LogP contribution in [-0.2, 0) is 11.3 Å². The molecule has 6 heteroatoms. The molecule has 0 unspecified atom stereocenters. The molecule has 1 rings (SSSR count). The number of nitrogens with zero attached hydrogens (tertiary/aromatic N) is 1. The summed E-state index contributed by atoms with van der Waals surface area (Å²) in [6.45, 7) is 2.09. The van der Waals surface area contributed by atoms with E-state index < -0.39 is 18.0 Å². The molecule has 0 spiro atoms. The van der Waals surface area contributed by atoms with Gasteiger partial charge in [-0.25, -0.2) is 9.18 Å². The van der Waals surface area contributed by atoms with E-state index in [0.29, 0.717) is 6.54 Å². The second-order valence-corrected chi connectivity index (χ2v) is 4.29. The maximum atomic E-state index is 13.0. The summed E-state index contributed by atoms with van der Waals surface area (Å²) in [4.78, 5) is 24.5. The molecule has 0 aromatic heterocycles. The molecule has 0 heterocycles. The lowest BCUT2D eigenvalue weighted by Gasteiger charge is -2.23. The Morgan fingerprint density at radius 2 is 2.11 bits per heavy atom. The maximum Gasteiger partial charge on any atom is 0.321 e. The Bertz CT molecular complexity index is 465. The van der Waals surface area contributed by atoms with Gasteiger partial charge in [-0.3, -0.25) is 15.0 Å². The van der Waals surface area contributed by atoms with Crippen molar-refractivity contribution in [3.05, 3.63) is 35.6 Å². The van der Waals surface area contributed by atoms with Crippen LogP contribution in [0.4, 0.5) is 9.18 Å². The Hall–Kier alpha value is -1.95. The number of rotatable bonds is 4. The first-order valence-corrected chi connectivity index (χ1v) is 5.91. The number of carbonyl (C=O) groups excluding carboxylic acids is 2. The van der Waals surface area contributed by atoms with Gasteiger partial charge in [-0.05, 0) is 31.7 Å². The highest BCUT2D eigenvalue weighted by Crippen LogP contribution is 2.08. The molecule has 0 saturated heterocycles. The topological polar surface area (TPSA) is 61.4 Å². The predicted octanol–water partition coefficient (Wildman–Crippen LogP) is 1.10. The van der Waals surface area contributed by atoms with E-state index in [1.807, 2.05) is 0 Å². The van der Waals surface area contributed by atoms with Crippen molar-refractivity contribution >= 4 is 11.9 Å². The van der Waals surface area contributed by atoms with Crippen molar-refractivity contribution in [3.63, 3.8) is 0 Å². The third kappa shape index (κ3) is 4.67. The van der Waals surface area contributed by atoms with Crippen LogP contribution in [0.15, 0.2) is 24.3 Å². The van der Waals surface area contributed by atoms with Crippen molar-refractivity contribution in [2.45, 2.75) is 19.5 Å². The molecule has 19 heavy (non-hydrogen) atoms. The normalized spacial score (nSPS) is 12.1.